The topological polar surface area (TPSA) is 6.25 Å². The second-order valence-corrected chi connectivity index (χ2v) is 8.23. The summed E-state index contributed by atoms with van der Waals surface area (Å²) in [4.78, 5) is 2.12. The van der Waals surface area contributed by atoms with Gasteiger partial charge in [0, 0.05) is 32.4 Å². The molecule has 0 N–H and O–H groups in total. The quantitative estimate of drug-likeness (QED) is 0.487. The lowest BCUT2D eigenvalue weighted by molar-refractivity contribution is -0.503. The SMILES string of the molecule is CCC(C)(/C=C/N(C)C)/C=C/C(C)(C)/C1=[N+](\C)CCCCCC1. The number of rotatable bonds is 6. The average Bonchev–Trinajstić information content (AvgIpc) is 2.47. The van der Waals surface area contributed by atoms with Crippen molar-refractivity contribution in [3.05, 3.63) is 24.4 Å². The molecule has 1 unspecified atom stereocenters. The zero-order valence-corrected chi connectivity index (χ0v) is 16.7. The van der Waals surface area contributed by atoms with Crippen molar-refractivity contribution >= 4 is 5.71 Å². The highest BCUT2D eigenvalue weighted by Crippen LogP contribution is 2.30. The van der Waals surface area contributed by atoms with Crippen molar-refractivity contribution in [2.75, 3.05) is 27.7 Å². The first-order chi connectivity index (χ1) is 10.7. The van der Waals surface area contributed by atoms with Crippen LogP contribution in [-0.4, -0.2) is 42.9 Å². The third-order valence-electron chi connectivity index (χ3n) is 5.26. The molecular formula is C21H39N2+. The van der Waals surface area contributed by atoms with Crippen LogP contribution in [-0.2, 0) is 0 Å². The fraction of sp³-hybridized carbons (Fsp3) is 0.762. The molecule has 0 saturated carbocycles. The van der Waals surface area contributed by atoms with E-state index in [1.165, 1.54) is 38.6 Å². The number of hydrogen-bond acceptors (Lipinski definition) is 1. The summed E-state index contributed by atoms with van der Waals surface area (Å²) in [5.41, 5.74) is 1.86. The van der Waals surface area contributed by atoms with E-state index in [1.807, 2.05) is 0 Å². The minimum atomic E-state index is 0.127. The van der Waals surface area contributed by atoms with Gasteiger partial charge in [0.2, 0.25) is 0 Å². The van der Waals surface area contributed by atoms with Crippen LogP contribution in [0.15, 0.2) is 24.4 Å². The molecule has 1 aliphatic rings. The Kier molecular flexibility index (Phi) is 7.57. The Hall–Kier alpha value is -1.05. The number of allylic oxidation sites excluding steroid dienone is 3. The van der Waals surface area contributed by atoms with Crippen molar-refractivity contribution < 1.29 is 4.58 Å². The maximum absolute atomic E-state index is 2.52. The molecule has 0 aromatic carbocycles. The zero-order chi connectivity index (χ0) is 17.5. The van der Waals surface area contributed by atoms with Gasteiger partial charge < -0.3 is 4.90 Å². The summed E-state index contributed by atoms with van der Waals surface area (Å²) in [6.07, 6.45) is 17.2. The van der Waals surface area contributed by atoms with Crippen molar-refractivity contribution in [1.29, 1.82) is 0 Å². The van der Waals surface area contributed by atoms with Crippen LogP contribution in [0.1, 0.15) is 66.2 Å². The summed E-state index contributed by atoms with van der Waals surface area (Å²) < 4.78 is 2.52. The molecule has 2 heteroatoms. The monoisotopic (exact) mass is 319 g/mol. The van der Waals surface area contributed by atoms with Crippen molar-refractivity contribution in [3.8, 4) is 0 Å². The fourth-order valence-corrected chi connectivity index (χ4v) is 3.24. The highest BCUT2D eigenvalue weighted by Gasteiger charge is 2.30. The van der Waals surface area contributed by atoms with Gasteiger partial charge >= 0.3 is 0 Å². The van der Waals surface area contributed by atoms with Crippen LogP contribution in [0, 0.1) is 10.8 Å². The predicted octanol–water partition coefficient (Wildman–Crippen LogP) is 5.11. The van der Waals surface area contributed by atoms with Gasteiger partial charge in [-0.25, -0.2) is 4.58 Å². The normalized spacial score (nSPS) is 23.8. The Morgan fingerprint density at radius 2 is 1.65 bits per heavy atom. The minimum Gasteiger partial charge on any atom is -0.384 e. The van der Waals surface area contributed by atoms with Crippen LogP contribution in [0.2, 0.25) is 0 Å². The zero-order valence-electron chi connectivity index (χ0n) is 16.7. The van der Waals surface area contributed by atoms with Crippen LogP contribution >= 0.6 is 0 Å². The summed E-state index contributed by atoms with van der Waals surface area (Å²) in [6.45, 7) is 10.6. The summed E-state index contributed by atoms with van der Waals surface area (Å²) in [7, 11) is 6.44. The van der Waals surface area contributed by atoms with Crippen LogP contribution in [0.5, 0.6) is 0 Å². The van der Waals surface area contributed by atoms with Crippen molar-refractivity contribution in [3.63, 3.8) is 0 Å². The summed E-state index contributed by atoms with van der Waals surface area (Å²) in [6, 6.07) is 0. The first kappa shape index (κ1) is 20.0. The maximum Gasteiger partial charge on any atom is 0.161 e. The molecule has 23 heavy (non-hydrogen) atoms. The smallest absolute Gasteiger partial charge is 0.161 e. The molecule has 0 fully saturated rings. The van der Waals surface area contributed by atoms with Gasteiger partial charge in [0.25, 0.3) is 0 Å². The van der Waals surface area contributed by atoms with Gasteiger partial charge in [0.15, 0.2) is 5.71 Å². The molecule has 0 bridgehead atoms. The van der Waals surface area contributed by atoms with E-state index in [0.29, 0.717) is 0 Å². The highest BCUT2D eigenvalue weighted by molar-refractivity contribution is 5.87. The molecule has 132 valence electrons. The van der Waals surface area contributed by atoms with Crippen LogP contribution in [0.3, 0.4) is 0 Å². The molecule has 1 atom stereocenters. The van der Waals surface area contributed by atoms with E-state index in [9.17, 15) is 0 Å². The fourth-order valence-electron chi connectivity index (χ4n) is 3.24. The predicted molar refractivity (Wildman–Crippen MR) is 103 cm³/mol. The van der Waals surface area contributed by atoms with Gasteiger partial charge in [0.05, 0.1) is 5.41 Å². The molecule has 0 aromatic rings. The van der Waals surface area contributed by atoms with E-state index in [2.05, 4.69) is 82.7 Å². The third-order valence-corrected chi connectivity index (χ3v) is 5.26. The third kappa shape index (κ3) is 6.53. The van der Waals surface area contributed by atoms with Gasteiger partial charge in [0.1, 0.15) is 13.6 Å². The van der Waals surface area contributed by atoms with Crippen molar-refractivity contribution in [1.82, 2.24) is 4.90 Å². The second kappa shape index (κ2) is 8.70. The minimum absolute atomic E-state index is 0.127. The molecule has 0 aliphatic carbocycles. The molecule has 1 heterocycles. The Bertz CT molecular complexity index is 454. The Balaban J connectivity index is 2.99. The molecule has 0 radical (unpaired) electrons. The van der Waals surface area contributed by atoms with Gasteiger partial charge in [-0.05, 0) is 39.3 Å². The first-order valence-corrected chi connectivity index (χ1v) is 9.34. The van der Waals surface area contributed by atoms with E-state index in [4.69, 9.17) is 0 Å². The number of nitrogens with zero attached hydrogens (tertiary/aromatic N) is 2. The first-order valence-electron chi connectivity index (χ1n) is 9.34. The molecule has 1 aliphatic heterocycles. The van der Waals surface area contributed by atoms with Crippen LogP contribution < -0.4 is 0 Å². The lowest BCUT2D eigenvalue weighted by Gasteiger charge is -2.26. The van der Waals surface area contributed by atoms with Crippen LogP contribution in [0.25, 0.3) is 0 Å². The van der Waals surface area contributed by atoms with Gasteiger partial charge in [-0.3, -0.25) is 0 Å². The Morgan fingerprint density at radius 1 is 1.00 bits per heavy atom. The molecule has 0 amide bonds. The van der Waals surface area contributed by atoms with Gasteiger partial charge in [-0.1, -0.05) is 38.5 Å². The van der Waals surface area contributed by atoms with Crippen LogP contribution in [0.4, 0.5) is 0 Å². The van der Waals surface area contributed by atoms with E-state index in [-0.39, 0.29) is 10.8 Å². The lowest BCUT2D eigenvalue weighted by atomic mass is 9.79. The van der Waals surface area contributed by atoms with Crippen molar-refractivity contribution in [2.45, 2.75) is 66.2 Å². The van der Waals surface area contributed by atoms with E-state index in [1.54, 1.807) is 5.71 Å². The summed E-state index contributed by atoms with van der Waals surface area (Å²) >= 11 is 0. The summed E-state index contributed by atoms with van der Waals surface area (Å²) in [5.74, 6) is 0. The molecule has 0 saturated heterocycles. The lowest BCUT2D eigenvalue weighted by Crippen LogP contribution is -2.32. The summed E-state index contributed by atoms with van der Waals surface area (Å²) in [5, 5.41) is 0. The largest absolute Gasteiger partial charge is 0.384 e. The molecular weight excluding hydrogens is 280 g/mol. The molecule has 1 rings (SSSR count). The second-order valence-electron chi connectivity index (χ2n) is 8.23. The maximum atomic E-state index is 2.52. The van der Waals surface area contributed by atoms with Gasteiger partial charge in [-0.15, -0.1) is 0 Å². The van der Waals surface area contributed by atoms with E-state index >= 15 is 0 Å². The van der Waals surface area contributed by atoms with E-state index < -0.39 is 0 Å². The molecule has 0 spiro atoms. The molecule has 2 nitrogen and oxygen atoms in total. The van der Waals surface area contributed by atoms with Crippen molar-refractivity contribution in [2.24, 2.45) is 10.8 Å². The standard InChI is InChI=1S/C21H39N2/c1-8-21(4,16-18-22(5)6)15-14-20(2,3)19-13-11-9-10-12-17-23(19)7/h14-16,18H,8-13,17H2,1-7H3/q+1/b15-14+,18-16+,23-19+. The Labute approximate surface area is 145 Å². The number of hydrogen-bond donors (Lipinski definition) is 0. The highest BCUT2D eigenvalue weighted by atomic mass is 15.0. The van der Waals surface area contributed by atoms with E-state index in [0.717, 1.165) is 6.42 Å². The average molecular weight is 320 g/mol. The van der Waals surface area contributed by atoms with Gasteiger partial charge in [-0.2, -0.15) is 0 Å². The molecule has 0 aromatic heterocycles. The Morgan fingerprint density at radius 3 is 2.26 bits per heavy atom.